The molecule has 8 nitrogen and oxygen atoms in total. The fraction of sp³-hybridized carbons (Fsp3) is 0.367. The van der Waals surface area contributed by atoms with Crippen molar-refractivity contribution in [1.82, 2.24) is 0 Å². The molecule has 0 amide bonds. The average Bonchev–Trinajstić information content (AvgIpc) is 2.92. The van der Waals surface area contributed by atoms with E-state index in [1.807, 2.05) is 43.3 Å². The minimum Gasteiger partial charge on any atom is -0.678 e. The first kappa shape index (κ1) is 32.6. The number of fused-ring (bicyclic) bond motifs is 1. The molecule has 1 aliphatic heterocycles. The van der Waals surface area contributed by atoms with Gasteiger partial charge in [-0.1, -0.05) is 36.2 Å². The third-order valence-electron chi connectivity index (χ3n) is 6.34. The van der Waals surface area contributed by atoms with Crippen LogP contribution >= 0.6 is 0 Å². The summed E-state index contributed by atoms with van der Waals surface area (Å²) in [5.41, 5.74) is 18.8. The quantitative estimate of drug-likeness (QED) is 0.245. The van der Waals surface area contributed by atoms with Crippen LogP contribution in [0.3, 0.4) is 0 Å². The number of carbonyl (C=O) groups is 1. The van der Waals surface area contributed by atoms with Gasteiger partial charge in [-0.15, -0.1) is 6.54 Å². The Hall–Kier alpha value is -2.65. The number of nitrogens with one attached hydrogen (secondary N) is 1. The van der Waals surface area contributed by atoms with Crippen molar-refractivity contribution in [2.45, 2.75) is 32.7 Å². The summed E-state index contributed by atoms with van der Waals surface area (Å²) < 4.78 is 21.9. The molecule has 3 aromatic carbocycles. The van der Waals surface area contributed by atoms with Crippen molar-refractivity contribution >= 4 is 11.7 Å². The SMILES string of the molecule is CC[NH-].COC(=O)c1ccc(C2[N-]CCc3cc(OC)c(OCCc4ccc(OC)c(N)c4)cc32)c(C)c1.[Y]. The molecule has 0 aliphatic carbocycles. The van der Waals surface area contributed by atoms with E-state index in [1.54, 1.807) is 27.2 Å². The van der Waals surface area contributed by atoms with Gasteiger partial charge in [0.25, 0.3) is 0 Å². The maximum atomic E-state index is 11.9. The van der Waals surface area contributed by atoms with Gasteiger partial charge in [-0.2, -0.15) is 6.54 Å². The Bertz CT molecular complexity index is 1250. The van der Waals surface area contributed by atoms with E-state index in [-0.39, 0.29) is 44.7 Å². The van der Waals surface area contributed by atoms with Crippen molar-refractivity contribution in [3.8, 4) is 17.2 Å². The molecule has 207 valence electrons. The molecule has 3 N–H and O–H groups in total. The number of benzene rings is 3. The number of methoxy groups -OCH3 is 3. The van der Waals surface area contributed by atoms with E-state index in [9.17, 15) is 4.79 Å². The van der Waals surface area contributed by atoms with Gasteiger partial charge in [0.15, 0.2) is 11.5 Å². The second kappa shape index (κ2) is 15.8. The zero-order valence-electron chi connectivity index (χ0n) is 23.4. The Balaban J connectivity index is 0.00000127. The van der Waals surface area contributed by atoms with Gasteiger partial charge in [0.1, 0.15) is 5.75 Å². The minimum atomic E-state index is -0.348. The molecule has 1 radical (unpaired) electrons. The first-order valence-electron chi connectivity index (χ1n) is 12.6. The van der Waals surface area contributed by atoms with E-state index in [0.717, 1.165) is 35.2 Å². The molecule has 0 saturated heterocycles. The van der Waals surface area contributed by atoms with Gasteiger partial charge in [0.05, 0.1) is 39.2 Å². The molecule has 0 spiro atoms. The topological polar surface area (TPSA) is 118 Å². The number of aryl methyl sites for hydroxylation is 1. The van der Waals surface area contributed by atoms with Crippen molar-refractivity contribution in [3.63, 3.8) is 0 Å². The van der Waals surface area contributed by atoms with Gasteiger partial charge in [-0.3, -0.25) is 0 Å². The normalized spacial score (nSPS) is 13.6. The zero-order valence-corrected chi connectivity index (χ0v) is 26.2. The number of anilines is 1. The summed E-state index contributed by atoms with van der Waals surface area (Å²) >= 11 is 0. The van der Waals surface area contributed by atoms with E-state index in [2.05, 4.69) is 6.07 Å². The number of nitrogen functional groups attached to an aromatic ring is 1. The van der Waals surface area contributed by atoms with E-state index in [4.69, 9.17) is 35.7 Å². The summed E-state index contributed by atoms with van der Waals surface area (Å²) in [5, 5.41) is 4.91. The van der Waals surface area contributed by atoms with Crippen LogP contribution in [0, 0.1) is 6.92 Å². The van der Waals surface area contributed by atoms with Crippen molar-refractivity contribution in [1.29, 1.82) is 0 Å². The Morgan fingerprint density at radius 1 is 1.00 bits per heavy atom. The zero-order chi connectivity index (χ0) is 27.7. The molecular formula is C30H37N3O5Y-2. The van der Waals surface area contributed by atoms with Crippen LogP contribution < -0.4 is 19.9 Å². The van der Waals surface area contributed by atoms with E-state index >= 15 is 0 Å². The molecule has 1 atom stereocenters. The third-order valence-corrected chi connectivity index (χ3v) is 6.34. The molecule has 0 fully saturated rings. The standard InChI is InChI=1S/C28H31N2O5.C2H6N.Y/c1-17-13-20(28(31)34-4)6-7-21(17)27-22-16-26(25(33-3)15-19(22)9-11-30-27)35-12-10-18-5-8-24(32-2)23(29)14-18;1-2-3;/h5-8,13-16,27H,9-12,29H2,1-4H3;3H,2H2,1H3;/q2*-1;. The molecule has 9 heteroatoms. The van der Waals surface area contributed by atoms with Crippen LogP contribution in [0.2, 0.25) is 0 Å². The molecule has 1 heterocycles. The number of esters is 1. The monoisotopic (exact) mass is 608 g/mol. The molecule has 0 bridgehead atoms. The number of carbonyl (C=O) groups excluding carboxylic acids is 1. The predicted octanol–water partition coefficient (Wildman–Crippen LogP) is 6.08. The number of hydrogen-bond donors (Lipinski definition) is 1. The molecular weight excluding hydrogens is 571 g/mol. The maximum absolute atomic E-state index is 11.9. The van der Waals surface area contributed by atoms with Gasteiger partial charge in [-0.05, 0) is 66.4 Å². The smallest absolute Gasteiger partial charge is 0.337 e. The van der Waals surface area contributed by atoms with Crippen LogP contribution in [-0.4, -0.2) is 47.0 Å². The summed E-state index contributed by atoms with van der Waals surface area (Å²) in [7, 11) is 4.64. The van der Waals surface area contributed by atoms with Crippen LogP contribution in [0.15, 0.2) is 48.5 Å². The third kappa shape index (κ3) is 8.18. The van der Waals surface area contributed by atoms with Crippen molar-refractivity contribution in [3.05, 3.63) is 93.0 Å². The Morgan fingerprint density at radius 2 is 1.72 bits per heavy atom. The Labute approximate surface area is 256 Å². The van der Waals surface area contributed by atoms with Crippen molar-refractivity contribution < 1.29 is 56.5 Å². The first-order chi connectivity index (χ1) is 18.4. The van der Waals surface area contributed by atoms with Crippen molar-refractivity contribution in [2.75, 3.05) is 46.8 Å². The van der Waals surface area contributed by atoms with Gasteiger partial charge in [0.2, 0.25) is 0 Å². The Morgan fingerprint density at radius 3 is 2.33 bits per heavy atom. The maximum Gasteiger partial charge on any atom is 0.337 e. The summed E-state index contributed by atoms with van der Waals surface area (Å²) in [4.78, 5) is 11.9. The number of hydrogen-bond acceptors (Lipinski definition) is 6. The van der Waals surface area contributed by atoms with Gasteiger partial charge < -0.3 is 35.7 Å². The molecule has 1 aliphatic rings. The molecule has 3 aromatic rings. The largest absolute Gasteiger partial charge is 0.678 e. The van der Waals surface area contributed by atoms with Crippen LogP contribution in [-0.2, 0) is 50.3 Å². The van der Waals surface area contributed by atoms with Gasteiger partial charge in [-0.25, -0.2) is 4.79 Å². The number of ether oxygens (including phenoxy) is 4. The molecule has 39 heavy (non-hydrogen) atoms. The minimum absolute atomic E-state index is 0. The number of nitrogens with zero attached hydrogens (tertiary/aromatic N) is 1. The molecule has 0 aromatic heterocycles. The fourth-order valence-corrected chi connectivity index (χ4v) is 4.48. The number of nitrogens with two attached hydrogens (primary N) is 1. The van der Waals surface area contributed by atoms with Gasteiger partial charge >= 0.3 is 5.97 Å². The average molecular weight is 609 g/mol. The first-order valence-corrected chi connectivity index (χ1v) is 12.6. The van der Waals surface area contributed by atoms with E-state index in [0.29, 0.717) is 48.1 Å². The summed E-state index contributed by atoms with van der Waals surface area (Å²) in [6, 6.07) is 15.3. The Kier molecular flexibility index (Phi) is 13.2. The predicted molar refractivity (Wildman–Crippen MR) is 151 cm³/mol. The summed E-state index contributed by atoms with van der Waals surface area (Å²) in [6.07, 6.45) is 1.53. The fourth-order valence-electron chi connectivity index (χ4n) is 4.48. The molecule has 4 rings (SSSR count). The van der Waals surface area contributed by atoms with E-state index < -0.39 is 0 Å². The molecule has 0 saturated carbocycles. The summed E-state index contributed by atoms with van der Waals surface area (Å²) in [5.74, 6) is 1.70. The van der Waals surface area contributed by atoms with Crippen LogP contribution in [0.25, 0.3) is 11.1 Å². The second-order valence-electron chi connectivity index (χ2n) is 8.85. The number of rotatable bonds is 8. The van der Waals surface area contributed by atoms with Gasteiger partial charge in [0, 0.05) is 39.1 Å². The summed E-state index contributed by atoms with van der Waals surface area (Å²) in [6.45, 7) is 5.47. The second-order valence-corrected chi connectivity index (χ2v) is 8.85. The molecule has 1 unspecified atom stereocenters. The van der Waals surface area contributed by atoms with Crippen LogP contribution in [0.5, 0.6) is 17.2 Å². The van der Waals surface area contributed by atoms with Crippen LogP contribution in [0.4, 0.5) is 5.69 Å². The van der Waals surface area contributed by atoms with Crippen molar-refractivity contribution in [2.24, 2.45) is 0 Å². The van der Waals surface area contributed by atoms with Crippen LogP contribution in [0.1, 0.15) is 51.1 Å². The van der Waals surface area contributed by atoms with E-state index in [1.165, 1.54) is 12.7 Å².